The van der Waals surface area contributed by atoms with Crippen molar-refractivity contribution in [3.8, 4) is 0 Å². The number of nitrogens with zero attached hydrogens (tertiary/aromatic N) is 6. The molecule has 0 aliphatic carbocycles. The zero-order valence-electron chi connectivity index (χ0n) is 25.8. The van der Waals surface area contributed by atoms with Crippen LogP contribution in [0.4, 0.5) is 23.3 Å². The number of fused-ring (bicyclic) bond motifs is 1. The minimum atomic E-state index is -0.775. The maximum atomic E-state index is 12.7. The van der Waals surface area contributed by atoms with Crippen LogP contribution < -0.4 is 27.6 Å². The van der Waals surface area contributed by atoms with Crippen LogP contribution in [0.5, 0.6) is 0 Å². The van der Waals surface area contributed by atoms with Crippen LogP contribution in [-0.4, -0.2) is 74.4 Å². The van der Waals surface area contributed by atoms with Gasteiger partial charge in [-0.05, 0) is 30.5 Å². The summed E-state index contributed by atoms with van der Waals surface area (Å²) in [5.41, 5.74) is 17.0. The van der Waals surface area contributed by atoms with E-state index < -0.39 is 34.6 Å². The number of hydrogen-bond acceptors (Lipinski definition) is 16. The molecule has 19 nitrogen and oxygen atoms in total. The first-order chi connectivity index (χ1) is 23.0. The molecule has 0 saturated carbocycles. The molecule has 0 aliphatic heterocycles. The summed E-state index contributed by atoms with van der Waals surface area (Å²) in [6.45, 7) is 0.346. The Labute approximate surface area is 272 Å². The first-order valence-electron chi connectivity index (χ1n) is 14.3. The lowest BCUT2D eigenvalue weighted by molar-refractivity contribution is -0.385. The van der Waals surface area contributed by atoms with E-state index in [9.17, 15) is 29.3 Å². The molecule has 0 radical (unpaired) electrons. The number of hydrazine groups is 1. The molecule has 0 spiro atoms. The van der Waals surface area contributed by atoms with Gasteiger partial charge in [0.05, 0.1) is 43.4 Å². The van der Waals surface area contributed by atoms with E-state index in [-0.39, 0.29) is 57.7 Å². The number of ether oxygens (including phenoxy) is 2. The molecule has 0 aliphatic rings. The number of benzene rings is 1. The van der Waals surface area contributed by atoms with Crippen LogP contribution in [0.25, 0.3) is 11.2 Å². The number of nitro groups is 1. The van der Waals surface area contributed by atoms with E-state index in [1.54, 1.807) is 12.1 Å². The molecule has 1 atom stereocenters. The van der Waals surface area contributed by atoms with Gasteiger partial charge in [-0.15, -0.1) is 0 Å². The summed E-state index contributed by atoms with van der Waals surface area (Å²) in [5, 5.41) is 14.0. The van der Waals surface area contributed by atoms with Crippen LogP contribution in [0.2, 0.25) is 0 Å². The molecule has 0 unspecified atom stereocenters. The van der Waals surface area contributed by atoms with Gasteiger partial charge in [-0.25, -0.2) is 19.7 Å². The van der Waals surface area contributed by atoms with Gasteiger partial charge in [-0.1, -0.05) is 18.6 Å². The van der Waals surface area contributed by atoms with E-state index in [0.717, 1.165) is 19.4 Å². The van der Waals surface area contributed by atoms with Gasteiger partial charge >= 0.3 is 11.9 Å². The Morgan fingerprint density at radius 1 is 0.958 bits per heavy atom. The van der Waals surface area contributed by atoms with E-state index in [1.807, 2.05) is 0 Å². The summed E-state index contributed by atoms with van der Waals surface area (Å²) in [6.07, 6.45) is 3.64. The normalized spacial score (nSPS) is 11.3. The molecular weight excluding hydrogens is 630 g/mol. The largest absolute Gasteiger partial charge is 0.469 e. The smallest absolute Gasteiger partial charge is 0.341 e. The van der Waals surface area contributed by atoms with Crippen LogP contribution in [0, 0.1) is 10.1 Å². The highest BCUT2D eigenvalue weighted by Gasteiger charge is 2.22. The summed E-state index contributed by atoms with van der Waals surface area (Å²) in [4.78, 5) is 80.1. The molecule has 3 aromatic heterocycles. The number of nitrogens with one attached hydrogen (secondary N) is 3. The third-order valence-electron chi connectivity index (χ3n) is 6.92. The van der Waals surface area contributed by atoms with Crippen molar-refractivity contribution in [2.24, 2.45) is 0 Å². The van der Waals surface area contributed by atoms with Crippen LogP contribution in [0.1, 0.15) is 57.2 Å². The fourth-order valence-electron chi connectivity index (χ4n) is 4.55. The van der Waals surface area contributed by atoms with Crippen LogP contribution in [-0.2, 0) is 25.5 Å². The lowest BCUT2D eigenvalue weighted by atomic mass is 9.92. The first-order valence-corrected chi connectivity index (χ1v) is 14.3. The number of carbonyl (C=O) groups excluding carboxylic acids is 4. The highest BCUT2D eigenvalue weighted by atomic mass is 16.6. The molecule has 4 aromatic rings. The molecule has 0 bridgehead atoms. The van der Waals surface area contributed by atoms with Gasteiger partial charge in [0, 0.05) is 18.2 Å². The number of unbranched alkanes of at least 4 members (excludes halogenated alkanes) is 1. The molecule has 2 amide bonds. The van der Waals surface area contributed by atoms with Crippen LogP contribution >= 0.6 is 0 Å². The maximum absolute atomic E-state index is 12.7. The van der Waals surface area contributed by atoms with E-state index in [0.29, 0.717) is 31.4 Å². The Kier molecular flexibility index (Phi) is 11.2. The van der Waals surface area contributed by atoms with E-state index in [4.69, 9.17) is 20.9 Å². The van der Waals surface area contributed by atoms with Crippen LogP contribution in [0.15, 0.2) is 42.7 Å². The molecule has 19 heteroatoms. The molecule has 4 rings (SSSR count). The number of methoxy groups -OCH3 is 2. The third-order valence-corrected chi connectivity index (χ3v) is 6.92. The summed E-state index contributed by atoms with van der Waals surface area (Å²) in [7, 11) is 2.43. The zero-order chi connectivity index (χ0) is 34.8. The molecule has 0 saturated heterocycles. The second-order valence-electron chi connectivity index (χ2n) is 10.1. The van der Waals surface area contributed by atoms with Crippen molar-refractivity contribution < 1.29 is 33.6 Å². The van der Waals surface area contributed by atoms with E-state index in [1.165, 1.54) is 25.4 Å². The second-order valence-corrected chi connectivity index (χ2v) is 10.1. The van der Waals surface area contributed by atoms with Gasteiger partial charge in [0.15, 0.2) is 17.0 Å². The summed E-state index contributed by atoms with van der Waals surface area (Å²) < 4.78 is 9.67. The predicted molar refractivity (Wildman–Crippen MR) is 169 cm³/mol. The molecule has 3 heterocycles. The van der Waals surface area contributed by atoms with E-state index in [2.05, 4.69) is 41.1 Å². The average molecular weight is 662 g/mol. The molecule has 48 heavy (non-hydrogen) atoms. The number of rotatable bonds is 13. The van der Waals surface area contributed by atoms with Gasteiger partial charge in [-0.2, -0.15) is 9.97 Å². The van der Waals surface area contributed by atoms with E-state index >= 15 is 0 Å². The van der Waals surface area contributed by atoms with Crippen molar-refractivity contribution in [3.05, 3.63) is 75.2 Å². The first kappa shape index (κ1) is 34.3. The predicted octanol–water partition coefficient (Wildman–Crippen LogP) is 1.22. The minimum absolute atomic E-state index is 0.0169. The number of carbonyl (C=O) groups is 4. The number of esters is 2. The number of nitrogens with two attached hydrogens (primary N) is 2. The van der Waals surface area contributed by atoms with Crippen molar-refractivity contribution in [2.45, 2.75) is 31.6 Å². The van der Waals surface area contributed by atoms with Crippen molar-refractivity contribution in [3.63, 3.8) is 0 Å². The Balaban J connectivity index is 1.29. The standard InChI is InChI=1S/C29H31N11O8/c1-47-27(43)19(5-3-4-10-32-24-20(28(44)48-2)12-18(14-34-24)40(45)46)15-6-8-16(9-7-15)26(42)39-38-21(41)11-17-13-33-25-22(35-17)23(30)36-29(31)37-25/h6-9,12-14,19H,3-5,10-11H2,1-2H3,(H,32,34)(H,38,41)(H,39,42)(H4,30,31,33,36,37)/t19-/m0/s1. The second kappa shape index (κ2) is 15.7. The minimum Gasteiger partial charge on any atom is -0.469 e. The Bertz CT molecular complexity index is 1850. The number of anilines is 3. The molecule has 1 aromatic carbocycles. The number of aromatic nitrogens is 5. The summed E-state index contributed by atoms with van der Waals surface area (Å²) in [5.74, 6) is -2.95. The monoisotopic (exact) mass is 661 g/mol. The highest BCUT2D eigenvalue weighted by Crippen LogP contribution is 2.25. The topological polar surface area (TPSA) is 282 Å². The van der Waals surface area contributed by atoms with Crippen LogP contribution in [0.3, 0.4) is 0 Å². The summed E-state index contributed by atoms with van der Waals surface area (Å²) >= 11 is 0. The van der Waals surface area contributed by atoms with Crippen molar-refractivity contribution in [2.75, 3.05) is 37.5 Å². The maximum Gasteiger partial charge on any atom is 0.341 e. The van der Waals surface area contributed by atoms with Crippen molar-refractivity contribution in [1.29, 1.82) is 0 Å². The lowest BCUT2D eigenvalue weighted by Crippen LogP contribution is -2.42. The van der Waals surface area contributed by atoms with Gasteiger partial charge in [-0.3, -0.25) is 35.3 Å². The number of pyridine rings is 1. The lowest BCUT2D eigenvalue weighted by Gasteiger charge is -2.16. The number of hydrogen-bond donors (Lipinski definition) is 5. The number of amides is 2. The Morgan fingerprint density at radius 2 is 1.71 bits per heavy atom. The van der Waals surface area contributed by atoms with Gasteiger partial charge in [0.25, 0.3) is 11.6 Å². The molecule has 0 fully saturated rings. The van der Waals surface area contributed by atoms with Crippen molar-refractivity contribution >= 4 is 58.2 Å². The molecule has 7 N–H and O–H groups in total. The third kappa shape index (κ3) is 8.59. The number of nitrogen functional groups attached to an aromatic ring is 2. The molecular formula is C29H31N11O8. The Morgan fingerprint density at radius 3 is 2.40 bits per heavy atom. The average Bonchev–Trinajstić information content (AvgIpc) is 3.08. The summed E-state index contributed by atoms with van der Waals surface area (Å²) in [6, 6.07) is 7.32. The van der Waals surface area contributed by atoms with Crippen molar-refractivity contribution in [1.82, 2.24) is 35.8 Å². The van der Waals surface area contributed by atoms with Gasteiger partial charge < -0.3 is 26.3 Å². The Hall–Kier alpha value is -6.53. The SMILES string of the molecule is COC(=O)c1cc([N+](=O)[O-])cnc1NCCCC[C@H](C(=O)OC)c1ccc(C(=O)NNC(=O)Cc2cnc3nc(N)nc(N)c3n2)cc1. The zero-order valence-corrected chi connectivity index (χ0v) is 25.8. The fourth-order valence-corrected chi connectivity index (χ4v) is 4.55. The van der Waals surface area contributed by atoms with Gasteiger partial charge in [0.1, 0.15) is 17.6 Å². The fraction of sp³-hybridized carbons (Fsp3) is 0.276. The molecule has 250 valence electrons. The highest BCUT2D eigenvalue weighted by molar-refractivity contribution is 5.96. The quantitative estimate of drug-likeness (QED) is 0.0582. The van der Waals surface area contributed by atoms with Gasteiger partial charge in [0.2, 0.25) is 11.9 Å².